The lowest BCUT2D eigenvalue weighted by Crippen LogP contribution is -2.17. The van der Waals surface area contributed by atoms with Crippen molar-refractivity contribution in [2.24, 2.45) is 0 Å². The largest absolute Gasteiger partial charge is 0.417 e. The first-order valence-corrected chi connectivity index (χ1v) is 8.61. The Balaban J connectivity index is 1.74. The number of alkyl halides is 3. The van der Waals surface area contributed by atoms with Crippen molar-refractivity contribution in [1.29, 1.82) is 0 Å². The number of aromatic nitrogens is 1. The van der Waals surface area contributed by atoms with Crippen molar-refractivity contribution in [2.75, 3.05) is 10.6 Å². The molecule has 0 spiro atoms. The molecule has 26 heavy (non-hydrogen) atoms. The van der Waals surface area contributed by atoms with E-state index in [1.807, 2.05) is 0 Å². The van der Waals surface area contributed by atoms with Gasteiger partial charge in [0, 0.05) is 23.6 Å². The van der Waals surface area contributed by atoms with Gasteiger partial charge in [-0.15, -0.1) is 0 Å². The molecule has 138 valence electrons. The van der Waals surface area contributed by atoms with Crippen LogP contribution >= 0.6 is 11.6 Å². The van der Waals surface area contributed by atoms with Gasteiger partial charge in [-0.3, -0.25) is 9.78 Å². The van der Waals surface area contributed by atoms with Crippen LogP contribution in [-0.2, 0) is 6.18 Å². The number of anilines is 2. The first kappa shape index (κ1) is 18.5. The van der Waals surface area contributed by atoms with Crippen molar-refractivity contribution < 1.29 is 18.0 Å². The molecule has 0 bridgehead atoms. The third-order valence-corrected chi connectivity index (χ3v) is 4.58. The number of rotatable bonds is 4. The van der Waals surface area contributed by atoms with Crippen LogP contribution in [0.15, 0.2) is 36.5 Å². The Morgan fingerprint density at radius 2 is 1.85 bits per heavy atom. The third kappa shape index (κ3) is 4.46. The summed E-state index contributed by atoms with van der Waals surface area (Å²) in [6, 6.07) is 6.95. The molecule has 1 aromatic carbocycles. The van der Waals surface area contributed by atoms with Gasteiger partial charge >= 0.3 is 6.18 Å². The normalized spacial score (nSPS) is 15.1. The van der Waals surface area contributed by atoms with Gasteiger partial charge in [0.2, 0.25) is 0 Å². The molecule has 0 atom stereocenters. The Morgan fingerprint density at radius 3 is 2.54 bits per heavy atom. The molecule has 0 aliphatic heterocycles. The number of hydrogen-bond acceptors (Lipinski definition) is 3. The van der Waals surface area contributed by atoms with Crippen molar-refractivity contribution in [3.63, 3.8) is 0 Å². The molecule has 1 amide bonds. The number of amides is 1. The second-order valence-corrected chi connectivity index (χ2v) is 6.61. The number of benzene rings is 1. The van der Waals surface area contributed by atoms with Crippen LogP contribution in [0.1, 0.15) is 41.7 Å². The smallest absolute Gasteiger partial charge is 0.382 e. The zero-order valence-corrected chi connectivity index (χ0v) is 14.5. The first-order chi connectivity index (χ1) is 12.3. The van der Waals surface area contributed by atoms with E-state index in [0.717, 1.165) is 30.7 Å². The Hall–Kier alpha value is -2.28. The fourth-order valence-electron chi connectivity index (χ4n) is 2.97. The minimum atomic E-state index is -4.60. The molecule has 0 radical (unpaired) electrons. The van der Waals surface area contributed by atoms with E-state index in [9.17, 15) is 18.0 Å². The Morgan fingerprint density at radius 1 is 1.12 bits per heavy atom. The third-order valence-electron chi connectivity index (χ3n) is 4.25. The predicted octanol–water partition coefficient (Wildman–Crippen LogP) is 5.36. The summed E-state index contributed by atoms with van der Waals surface area (Å²) in [6.07, 6.45) is 1.41. The Bertz CT molecular complexity index is 805. The number of nitrogens with one attached hydrogen (secondary N) is 2. The summed E-state index contributed by atoms with van der Waals surface area (Å²) in [5, 5.41) is 5.36. The van der Waals surface area contributed by atoms with Crippen LogP contribution < -0.4 is 10.6 Å². The van der Waals surface area contributed by atoms with E-state index in [0.29, 0.717) is 6.04 Å². The lowest BCUT2D eigenvalue weighted by molar-refractivity contribution is -0.137. The lowest BCUT2D eigenvalue weighted by Gasteiger charge is -2.14. The molecule has 1 heterocycles. The van der Waals surface area contributed by atoms with Crippen molar-refractivity contribution >= 4 is 28.9 Å². The average Bonchev–Trinajstić information content (AvgIpc) is 3.09. The van der Waals surface area contributed by atoms with Crippen molar-refractivity contribution in [2.45, 2.75) is 37.9 Å². The minimum Gasteiger partial charge on any atom is -0.382 e. The van der Waals surface area contributed by atoms with Gasteiger partial charge in [0.15, 0.2) is 0 Å². The number of nitrogens with zero attached hydrogens (tertiary/aromatic N) is 1. The van der Waals surface area contributed by atoms with Gasteiger partial charge in [0.1, 0.15) is 5.69 Å². The van der Waals surface area contributed by atoms with Crippen LogP contribution in [0.4, 0.5) is 24.5 Å². The molecule has 1 aromatic heterocycles. The number of carbonyl (C=O) groups excluding carboxylic acids is 1. The maximum atomic E-state index is 12.9. The maximum Gasteiger partial charge on any atom is 0.417 e. The van der Waals surface area contributed by atoms with E-state index >= 15 is 0 Å². The molecule has 4 nitrogen and oxygen atoms in total. The molecule has 1 saturated carbocycles. The van der Waals surface area contributed by atoms with Gasteiger partial charge in [-0.05, 0) is 43.2 Å². The molecule has 1 aliphatic carbocycles. The van der Waals surface area contributed by atoms with Crippen LogP contribution in [0, 0.1) is 0 Å². The van der Waals surface area contributed by atoms with Crippen LogP contribution in [-0.4, -0.2) is 16.9 Å². The van der Waals surface area contributed by atoms with Crippen LogP contribution in [0.5, 0.6) is 0 Å². The SMILES string of the molecule is O=C(Nc1ccc(Cl)c(C(F)(F)F)c1)c1cc(NC2CCCC2)ccn1. The summed E-state index contributed by atoms with van der Waals surface area (Å²) in [6.45, 7) is 0. The molecular formula is C18H17ClF3N3O. The van der Waals surface area contributed by atoms with E-state index in [1.165, 1.54) is 25.1 Å². The molecule has 1 fully saturated rings. The van der Waals surface area contributed by atoms with E-state index in [4.69, 9.17) is 11.6 Å². The Kier molecular flexibility index (Phi) is 5.36. The maximum absolute atomic E-state index is 12.9. The van der Waals surface area contributed by atoms with E-state index < -0.39 is 22.7 Å². The van der Waals surface area contributed by atoms with Gasteiger partial charge in [-0.1, -0.05) is 24.4 Å². The number of pyridine rings is 1. The second kappa shape index (κ2) is 7.53. The van der Waals surface area contributed by atoms with Crippen LogP contribution in [0.2, 0.25) is 5.02 Å². The van der Waals surface area contributed by atoms with Crippen molar-refractivity contribution in [3.05, 3.63) is 52.8 Å². The molecular weight excluding hydrogens is 367 g/mol. The number of hydrogen-bond donors (Lipinski definition) is 2. The zero-order valence-electron chi connectivity index (χ0n) is 13.7. The van der Waals surface area contributed by atoms with Crippen molar-refractivity contribution in [3.8, 4) is 0 Å². The van der Waals surface area contributed by atoms with Gasteiger partial charge in [0.05, 0.1) is 10.6 Å². The highest BCUT2D eigenvalue weighted by Crippen LogP contribution is 2.36. The summed E-state index contributed by atoms with van der Waals surface area (Å²) in [7, 11) is 0. The number of halogens is 4. The highest BCUT2D eigenvalue weighted by molar-refractivity contribution is 6.31. The fourth-order valence-corrected chi connectivity index (χ4v) is 3.19. The average molecular weight is 384 g/mol. The minimum absolute atomic E-state index is 0.00248. The quantitative estimate of drug-likeness (QED) is 0.747. The zero-order chi connectivity index (χ0) is 18.7. The monoisotopic (exact) mass is 383 g/mol. The summed E-state index contributed by atoms with van der Waals surface area (Å²) >= 11 is 5.58. The molecule has 0 unspecified atom stereocenters. The second-order valence-electron chi connectivity index (χ2n) is 6.20. The van der Waals surface area contributed by atoms with E-state index in [2.05, 4.69) is 15.6 Å². The molecule has 2 N–H and O–H groups in total. The summed E-state index contributed by atoms with van der Waals surface area (Å²) in [5.41, 5.74) is -0.107. The predicted molar refractivity (Wildman–Crippen MR) is 94.5 cm³/mol. The van der Waals surface area contributed by atoms with Gasteiger partial charge in [-0.25, -0.2) is 0 Å². The summed E-state index contributed by atoms with van der Waals surface area (Å²) in [4.78, 5) is 16.3. The molecule has 3 rings (SSSR count). The Labute approximate surface area is 153 Å². The lowest BCUT2D eigenvalue weighted by atomic mass is 10.2. The highest BCUT2D eigenvalue weighted by atomic mass is 35.5. The molecule has 8 heteroatoms. The van der Waals surface area contributed by atoms with Crippen LogP contribution in [0.25, 0.3) is 0 Å². The van der Waals surface area contributed by atoms with Crippen LogP contribution in [0.3, 0.4) is 0 Å². The number of carbonyl (C=O) groups is 1. The molecule has 1 aliphatic rings. The molecule has 0 saturated heterocycles. The fraction of sp³-hybridized carbons (Fsp3) is 0.333. The van der Waals surface area contributed by atoms with E-state index in [-0.39, 0.29) is 11.4 Å². The molecule has 2 aromatic rings. The summed E-state index contributed by atoms with van der Waals surface area (Å²) < 4.78 is 38.8. The standard InChI is InChI=1S/C18H17ClF3N3O/c19-15-6-5-12(9-14(15)18(20,21)22)25-17(26)16-10-13(7-8-23-16)24-11-3-1-2-4-11/h5-11H,1-4H2,(H,23,24)(H,25,26). The van der Waals surface area contributed by atoms with Gasteiger partial charge < -0.3 is 10.6 Å². The first-order valence-electron chi connectivity index (χ1n) is 8.23. The van der Waals surface area contributed by atoms with Gasteiger partial charge in [-0.2, -0.15) is 13.2 Å². The van der Waals surface area contributed by atoms with Gasteiger partial charge in [0.25, 0.3) is 5.91 Å². The van der Waals surface area contributed by atoms with E-state index in [1.54, 1.807) is 12.1 Å². The van der Waals surface area contributed by atoms with Crippen molar-refractivity contribution in [1.82, 2.24) is 4.98 Å². The summed E-state index contributed by atoms with van der Waals surface area (Å²) in [5.74, 6) is -0.587. The topological polar surface area (TPSA) is 54.0 Å². The highest BCUT2D eigenvalue weighted by Gasteiger charge is 2.33.